The summed E-state index contributed by atoms with van der Waals surface area (Å²) in [4.78, 5) is 8.94. The number of hydrogen-bond acceptors (Lipinski definition) is 4. The van der Waals surface area contributed by atoms with E-state index >= 15 is 0 Å². The van der Waals surface area contributed by atoms with Crippen molar-refractivity contribution in [2.24, 2.45) is 0 Å². The molecule has 0 N–H and O–H groups in total. The van der Waals surface area contributed by atoms with E-state index in [2.05, 4.69) is 36.9 Å². The van der Waals surface area contributed by atoms with E-state index in [1.54, 1.807) is 12.4 Å². The minimum Gasteiger partial charge on any atom is -0.494 e. The predicted octanol–water partition coefficient (Wildman–Crippen LogP) is 8.55. The van der Waals surface area contributed by atoms with Crippen LogP contribution in [0.25, 0.3) is 11.4 Å². The van der Waals surface area contributed by atoms with Gasteiger partial charge in [-0.3, -0.25) is 0 Å². The fourth-order valence-corrected chi connectivity index (χ4v) is 5.30. The van der Waals surface area contributed by atoms with Gasteiger partial charge in [-0.25, -0.2) is 9.97 Å². The summed E-state index contributed by atoms with van der Waals surface area (Å²) < 4.78 is 11.7. The third kappa shape index (κ3) is 11.7. The molecule has 0 saturated heterocycles. The van der Waals surface area contributed by atoms with Crippen LogP contribution >= 0.6 is 0 Å². The number of aromatic nitrogens is 2. The molecule has 2 rings (SSSR count). The molecule has 0 amide bonds. The first-order valence-corrected chi connectivity index (χ1v) is 16.6. The van der Waals surface area contributed by atoms with Crippen LogP contribution in [0.3, 0.4) is 0 Å². The predicted molar refractivity (Wildman–Crippen MR) is 143 cm³/mol. The fourth-order valence-electron chi connectivity index (χ4n) is 3.74. The lowest BCUT2D eigenvalue weighted by atomic mass is 10.1. The Morgan fingerprint density at radius 1 is 0.667 bits per heavy atom. The highest BCUT2D eigenvalue weighted by atomic mass is 28.3. The second-order valence-electron chi connectivity index (χ2n) is 9.91. The number of ether oxygens (including phenoxy) is 2. The molecular formula is C28H46N2O2Si. The molecule has 0 aliphatic rings. The van der Waals surface area contributed by atoms with Gasteiger partial charge in [0.15, 0.2) is 11.6 Å². The third-order valence-corrected chi connectivity index (χ3v) is 10.1. The zero-order valence-corrected chi connectivity index (χ0v) is 22.6. The van der Waals surface area contributed by atoms with Gasteiger partial charge in [-0.1, -0.05) is 90.4 Å². The lowest BCUT2D eigenvalue weighted by Crippen LogP contribution is -2.22. The maximum Gasteiger partial charge on any atom is 0.159 e. The van der Waals surface area contributed by atoms with Gasteiger partial charge in [0.25, 0.3) is 0 Å². The maximum absolute atomic E-state index is 5.92. The van der Waals surface area contributed by atoms with Crippen molar-refractivity contribution < 1.29 is 9.47 Å². The van der Waals surface area contributed by atoms with Crippen LogP contribution in [0.1, 0.15) is 78.1 Å². The Morgan fingerprint density at radius 3 is 1.82 bits per heavy atom. The Morgan fingerprint density at radius 2 is 1.21 bits per heavy atom. The molecule has 1 heterocycles. The Bertz CT molecular complexity index is 747. The van der Waals surface area contributed by atoms with Gasteiger partial charge in [-0.2, -0.15) is 0 Å². The second-order valence-corrected chi connectivity index (χ2v) is 15.4. The Balaban J connectivity index is 1.62. The molecule has 0 aliphatic heterocycles. The summed E-state index contributed by atoms with van der Waals surface area (Å²) >= 11 is 0. The summed E-state index contributed by atoms with van der Waals surface area (Å²) in [5.74, 6) is 2.37. The molecule has 0 spiro atoms. The average Bonchev–Trinajstić information content (AvgIpc) is 2.84. The smallest absolute Gasteiger partial charge is 0.159 e. The molecule has 4 nitrogen and oxygen atoms in total. The van der Waals surface area contributed by atoms with Crippen molar-refractivity contribution in [3.8, 4) is 22.9 Å². The molecule has 5 heteroatoms. The van der Waals surface area contributed by atoms with Gasteiger partial charge in [0.05, 0.1) is 25.6 Å². The molecule has 1 aromatic heterocycles. The first-order valence-electron chi connectivity index (χ1n) is 13.2. The van der Waals surface area contributed by atoms with Crippen molar-refractivity contribution in [2.75, 3.05) is 13.2 Å². The van der Waals surface area contributed by atoms with E-state index in [4.69, 9.17) is 9.47 Å². The van der Waals surface area contributed by atoms with Crippen LogP contribution in [0, 0.1) is 0 Å². The van der Waals surface area contributed by atoms with Gasteiger partial charge < -0.3 is 9.47 Å². The Hall–Kier alpha value is -1.88. The Kier molecular flexibility index (Phi) is 13.2. The van der Waals surface area contributed by atoms with Crippen molar-refractivity contribution in [1.29, 1.82) is 0 Å². The van der Waals surface area contributed by atoms with Crippen LogP contribution in [0.2, 0.25) is 25.2 Å². The van der Waals surface area contributed by atoms with Gasteiger partial charge >= 0.3 is 0 Å². The molecule has 0 saturated carbocycles. The summed E-state index contributed by atoms with van der Waals surface area (Å²) in [7, 11) is -0.897. The quantitative estimate of drug-likeness (QED) is 0.162. The molecule has 0 radical (unpaired) electrons. The van der Waals surface area contributed by atoms with Gasteiger partial charge in [-0.15, -0.1) is 0 Å². The minimum absolute atomic E-state index is 0.715. The molecule has 33 heavy (non-hydrogen) atoms. The van der Waals surface area contributed by atoms with Gasteiger partial charge in [0, 0.05) is 13.6 Å². The summed E-state index contributed by atoms with van der Waals surface area (Å²) in [6.45, 7) is 11.1. The minimum atomic E-state index is -0.897. The summed E-state index contributed by atoms with van der Waals surface area (Å²) in [5.41, 5.74) is 0.993. The molecular weight excluding hydrogens is 424 g/mol. The number of nitrogens with zero attached hydrogens (tertiary/aromatic N) is 2. The molecule has 0 bridgehead atoms. The van der Waals surface area contributed by atoms with Crippen LogP contribution in [0.4, 0.5) is 0 Å². The Labute approximate surface area is 203 Å². The number of unbranched alkanes of at least 4 members (excludes halogenated alkanes) is 8. The van der Waals surface area contributed by atoms with Crippen LogP contribution in [-0.4, -0.2) is 31.3 Å². The first kappa shape index (κ1) is 27.4. The van der Waals surface area contributed by atoms with Crippen LogP contribution in [0.5, 0.6) is 11.5 Å². The largest absolute Gasteiger partial charge is 0.494 e. The summed E-state index contributed by atoms with van der Waals surface area (Å²) in [5, 5.41) is 0. The van der Waals surface area contributed by atoms with E-state index in [1.807, 2.05) is 24.3 Å². The van der Waals surface area contributed by atoms with Crippen molar-refractivity contribution in [1.82, 2.24) is 9.97 Å². The molecule has 0 aliphatic carbocycles. The maximum atomic E-state index is 5.92. The highest BCUT2D eigenvalue weighted by molar-refractivity contribution is 6.77. The van der Waals surface area contributed by atoms with Crippen LogP contribution in [-0.2, 0) is 0 Å². The van der Waals surface area contributed by atoms with E-state index in [0.29, 0.717) is 5.82 Å². The highest BCUT2D eigenvalue weighted by Crippen LogP contribution is 2.22. The standard InChI is InChI=1S/C28H46N2O2Si/c1-5-7-8-9-10-13-21-32-27-23-29-28(30-24-27)25-16-18-26(19-17-25)31-20-14-11-12-15-22-33(3,4)6-2/h16-19,23-24H,5-15,20-22H2,1-4H3. The number of rotatable bonds is 18. The van der Waals surface area contributed by atoms with E-state index < -0.39 is 8.07 Å². The molecule has 0 unspecified atom stereocenters. The number of hydrogen-bond donors (Lipinski definition) is 0. The second kappa shape index (κ2) is 15.9. The lowest BCUT2D eigenvalue weighted by molar-refractivity contribution is 0.302. The zero-order valence-electron chi connectivity index (χ0n) is 21.6. The molecule has 0 fully saturated rings. The molecule has 2 aromatic rings. The topological polar surface area (TPSA) is 44.2 Å². The van der Waals surface area contributed by atoms with Crippen molar-refractivity contribution in [3.05, 3.63) is 36.7 Å². The van der Waals surface area contributed by atoms with Gasteiger partial charge in [-0.05, 0) is 37.1 Å². The molecule has 0 atom stereocenters. The van der Waals surface area contributed by atoms with E-state index in [-0.39, 0.29) is 0 Å². The average molecular weight is 471 g/mol. The SMILES string of the molecule is CCCCCCCCOc1cnc(-c2ccc(OCCCCCC[Si](C)(C)CC)cc2)nc1. The monoisotopic (exact) mass is 470 g/mol. The number of benzene rings is 1. The zero-order chi connectivity index (χ0) is 23.8. The first-order chi connectivity index (χ1) is 16.0. The normalized spacial score (nSPS) is 11.5. The van der Waals surface area contributed by atoms with E-state index in [0.717, 1.165) is 43.1 Å². The van der Waals surface area contributed by atoms with Crippen LogP contribution in [0.15, 0.2) is 36.7 Å². The van der Waals surface area contributed by atoms with E-state index in [9.17, 15) is 0 Å². The summed E-state index contributed by atoms with van der Waals surface area (Å²) in [6.07, 6.45) is 16.2. The van der Waals surface area contributed by atoms with Gasteiger partial charge in [0.2, 0.25) is 0 Å². The third-order valence-electron chi connectivity index (χ3n) is 6.48. The molecule has 1 aromatic carbocycles. The highest BCUT2D eigenvalue weighted by Gasteiger charge is 2.16. The van der Waals surface area contributed by atoms with Gasteiger partial charge in [0.1, 0.15) is 5.75 Å². The van der Waals surface area contributed by atoms with Crippen LogP contribution < -0.4 is 9.47 Å². The van der Waals surface area contributed by atoms with E-state index in [1.165, 1.54) is 63.5 Å². The van der Waals surface area contributed by atoms with Crippen molar-refractivity contribution >= 4 is 8.07 Å². The summed E-state index contributed by atoms with van der Waals surface area (Å²) in [6, 6.07) is 10.9. The van der Waals surface area contributed by atoms with Crippen molar-refractivity contribution in [2.45, 2.75) is 103 Å². The fraction of sp³-hybridized carbons (Fsp3) is 0.643. The molecule has 184 valence electrons. The lowest BCUT2D eigenvalue weighted by Gasteiger charge is -2.19. The van der Waals surface area contributed by atoms with Crippen molar-refractivity contribution in [3.63, 3.8) is 0 Å².